The summed E-state index contributed by atoms with van der Waals surface area (Å²) >= 11 is 4.93. The summed E-state index contributed by atoms with van der Waals surface area (Å²) in [6.45, 7) is 4.08. The average Bonchev–Trinajstić information content (AvgIpc) is 3.32. The van der Waals surface area contributed by atoms with Crippen molar-refractivity contribution in [1.82, 2.24) is 19.7 Å². The first-order valence-corrected chi connectivity index (χ1v) is 10.1. The van der Waals surface area contributed by atoms with E-state index in [-0.39, 0.29) is 11.9 Å². The molecule has 4 heterocycles. The van der Waals surface area contributed by atoms with Crippen LogP contribution in [0.1, 0.15) is 30.2 Å². The Bertz CT molecular complexity index is 1100. The topological polar surface area (TPSA) is 72.7 Å². The monoisotopic (exact) mass is 441 g/mol. The first-order chi connectivity index (χ1) is 13.0. The Morgan fingerprint density at radius 2 is 2.11 bits per heavy atom. The number of nitrogens with one attached hydrogen (secondary N) is 1. The van der Waals surface area contributed by atoms with Crippen LogP contribution < -0.4 is 5.32 Å². The fourth-order valence-electron chi connectivity index (χ4n) is 2.77. The Morgan fingerprint density at radius 3 is 2.78 bits per heavy atom. The number of rotatable bonds is 4. The fraction of sp³-hybridized carbons (Fsp3) is 0.158. The zero-order valence-corrected chi connectivity index (χ0v) is 17.1. The van der Waals surface area contributed by atoms with Gasteiger partial charge in [0.25, 0.3) is 5.91 Å². The molecule has 1 amide bonds. The van der Waals surface area contributed by atoms with Gasteiger partial charge in [-0.2, -0.15) is 5.10 Å². The summed E-state index contributed by atoms with van der Waals surface area (Å²) in [5.74, 6) is 0.250. The van der Waals surface area contributed by atoms with Gasteiger partial charge < -0.3 is 5.32 Å². The molecule has 4 aromatic heterocycles. The summed E-state index contributed by atoms with van der Waals surface area (Å²) in [4.78, 5) is 23.0. The SMILES string of the molecule is CC(C)n1ncc2c(C(=O)Nc3ccc(Br)cn3)cc(-c3cccs3)nc21. The fourth-order valence-corrected chi connectivity index (χ4v) is 3.69. The van der Waals surface area contributed by atoms with E-state index >= 15 is 0 Å². The molecule has 0 unspecified atom stereocenters. The normalized spacial score (nSPS) is 11.3. The number of pyridine rings is 2. The second kappa shape index (κ2) is 7.21. The molecule has 136 valence electrons. The lowest BCUT2D eigenvalue weighted by atomic mass is 10.1. The third-order valence-electron chi connectivity index (χ3n) is 4.04. The summed E-state index contributed by atoms with van der Waals surface area (Å²) in [6.07, 6.45) is 3.34. The van der Waals surface area contributed by atoms with Gasteiger partial charge in [0.05, 0.1) is 27.7 Å². The second-order valence-corrected chi connectivity index (χ2v) is 8.13. The van der Waals surface area contributed by atoms with Gasteiger partial charge in [-0.05, 0) is 59.4 Å². The van der Waals surface area contributed by atoms with Crippen LogP contribution >= 0.6 is 27.3 Å². The van der Waals surface area contributed by atoms with Crippen LogP contribution in [0.2, 0.25) is 0 Å². The number of thiophene rings is 1. The molecule has 0 saturated carbocycles. The zero-order valence-electron chi connectivity index (χ0n) is 14.7. The van der Waals surface area contributed by atoms with Gasteiger partial charge in [0.15, 0.2) is 5.65 Å². The number of hydrogen-bond acceptors (Lipinski definition) is 5. The average molecular weight is 442 g/mol. The maximum absolute atomic E-state index is 13.0. The lowest BCUT2D eigenvalue weighted by molar-refractivity contribution is 0.102. The van der Waals surface area contributed by atoms with Crippen LogP contribution in [0, 0.1) is 0 Å². The number of carbonyl (C=O) groups excluding carboxylic acids is 1. The lowest BCUT2D eigenvalue weighted by Crippen LogP contribution is -2.14. The maximum Gasteiger partial charge on any atom is 0.257 e. The van der Waals surface area contributed by atoms with Crippen molar-refractivity contribution in [2.24, 2.45) is 0 Å². The Balaban J connectivity index is 1.82. The lowest BCUT2D eigenvalue weighted by Gasteiger charge is -2.10. The van der Waals surface area contributed by atoms with Crippen molar-refractivity contribution in [2.45, 2.75) is 19.9 Å². The number of carbonyl (C=O) groups is 1. The summed E-state index contributed by atoms with van der Waals surface area (Å²) in [5, 5.41) is 10.0. The highest BCUT2D eigenvalue weighted by Crippen LogP contribution is 2.29. The molecule has 0 aliphatic rings. The highest BCUT2D eigenvalue weighted by molar-refractivity contribution is 9.10. The van der Waals surface area contributed by atoms with E-state index in [4.69, 9.17) is 4.98 Å². The van der Waals surface area contributed by atoms with Crippen LogP contribution in [0.25, 0.3) is 21.6 Å². The predicted molar refractivity (Wildman–Crippen MR) is 111 cm³/mol. The van der Waals surface area contributed by atoms with Gasteiger partial charge in [-0.15, -0.1) is 11.3 Å². The van der Waals surface area contributed by atoms with Gasteiger partial charge in [-0.25, -0.2) is 14.6 Å². The molecule has 0 aromatic carbocycles. The van der Waals surface area contributed by atoms with Gasteiger partial charge in [0, 0.05) is 16.7 Å². The van der Waals surface area contributed by atoms with Gasteiger partial charge in [-0.1, -0.05) is 6.07 Å². The molecule has 0 radical (unpaired) electrons. The van der Waals surface area contributed by atoms with Gasteiger partial charge in [0.2, 0.25) is 0 Å². The van der Waals surface area contributed by atoms with E-state index in [9.17, 15) is 4.79 Å². The molecule has 1 N–H and O–H groups in total. The third-order valence-corrected chi connectivity index (χ3v) is 5.40. The van der Waals surface area contributed by atoms with Crippen molar-refractivity contribution < 1.29 is 4.79 Å². The summed E-state index contributed by atoms with van der Waals surface area (Å²) in [6, 6.07) is 9.49. The first kappa shape index (κ1) is 17.8. The van der Waals surface area contributed by atoms with Crippen LogP contribution in [0.4, 0.5) is 5.82 Å². The molecule has 6 nitrogen and oxygen atoms in total. The van der Waals surface area contributed by atoms with Crippen molar-refractivity contribution in [3.05, 3.63) is 58.1 Å². The summed E-state index contributed by atoms with van der Waals surface area (Å²) in [5.41, 5.74) is 1.98. The molecule has 27 heavy (non-hydrogen) atoms. The van der Waals surface area contributed by atoms with E-state index < -0.39 is 0 Å². The predicted octanol–water partition coefficient (Wildman–Crippen LogP) is 5.15. The van der Waals surface area contributed by atoms with E-state index in [0.717, 1.165) is 20.4 Å². The molecule has 0 aliphatic heterocycles. The van der Waals surface area contributed by atoms with Crippen molar-refractivity contribution in [1.29, 1.82) is 0 Å². The molecule has 8 heteroatoms. The van der Waals surface area contributed by atoms with Gasteiger partial charge in [-0.3, -0.25) is 4.79 Å². The van der Waals surface area contributed by atoms with E-state index in [2.05, 4.69) is 31.3 Å². The van der Waals surface area contributed by atoms with Crippen molar-refractivity contribution in [3.63, 3.8) is 0 Å². The Kier molecular flexibility index (Phi) is 4.75. The van der Waals surface area contributed by atoms with E-state index in [1.165, 1.54) is 0 Å². The van der Waals surface area contributed by atoms with Crippen molar-refractivity contribution in [3.8, 4) is 10.6 Å². The number of fused-ring (bicyclic) bond motifs is 1. The van der Waals surface area contributed by atoms with Crippen LogP contribution in [-0.2, 0) is 0 Å². The highest BCUT2D eigenvalue weighted by atomic mass is 79.9. The minimum absolute atomic E-state index is 0.137. The molecule has 0 bridgehead atoms. The zero-order chi connectivity index (χ0) is 19.0. The molecule has 0 fully saturated rings. The maximum atomic E-state index is 13.0. The number of amides is 1. The van der Waals surface area contributed by atoms with E-state index in [1.54, 1.807) is 29.8 Å². The second-order valence-electron chi connectivity index (χ2n) is 6.27. The molecule has 0 aliphatic carbocycles. The summed E-state index contributed by atoms with van der Waals surface area (Å²) < 4.78 is 2.69. The van der Waals surface area contributed by atoms with Crippen LogP contribution in [0.15, 0.2) is 52.6 Å². The van der Waals surface area contributed by atoms with Crippen LogP contribution in [0.3, 0.4) is 0 Å². The highest BCUT2D eigenvalue weighted by Gasteiger charge is 2.19. The molecule has 0 saturated heterocycles. The van der Waals surface area contributed by atoms with Crippen molar-refractivity contribution in [2.75, 3.05) is 5.32 Å². The van der Waals surface area contributed by atoms with E-state index in [1.807, 2.05) is 48.2 Å². The number of hydrogen-bond donors (Lipinski definition) is 1. The number of halogens is 1. The third kappa shape index (κ3) is 3.50. The first-order valence-electron chi connectivity index (χ1n) is 8.38. The number of nitrogens with zero attached hydrogens (tertiary/aromatic N) is 4. The largest absolute Gasteiger partial charge is 0.307 e. The van der Waals surface area contributed by atoms with Gasteiger partial charge >= 0.3 is 0 Å². The van der Waals surface area contributed by atoms with E-state index in [0.29, 0.717) is 17.0 Å². The Hall–Kier alpha value is -2.58. The smallest absolute Gasteiger partial charge is 0.257 e. The van der Waals surface area contributed by atoms with Gasteiger partial charge in [0.1, 0.15) is 5.82 Å². The molecule has 4 aromatic rings. The minimum atomic E-state index is -0.238. The van der Waals surface area contributed by atoms with Crippen LogP contribution in [0.5, 0.6) is 0 Å². The number of aromatic nitrogens is 4. The van der Waals surface area contributed by atoms with Crippen LogP contribution in [-0.4, -0.2) is 25.7 Å². The quantitative estimate of drug-likeness (QED) is 0.475. The summed E-state index contributed by atoms with van der Waals surface area (Å²) in [7, 11) is 0. The molecule has 0 atom stereocenters. The standard InChI is InChI=1S/C19H16BrN5OS/c1-11(2)25-18-14(10-22-25)13(8-15(23-18)16-4-3-7-27-16)19(26)24-17-6-5-12(20)9-21-17/h3-11H,1-2H3,(H,21,24,26). The van der Waals surface area contributed by atoms with Crippen molar-refractivity contribution >= 4 is 50.0 Å². The number of anilines is 1. The molecular formula is C19H16BrN5OS. The minimum Gasteiger partial charge on any atom is -0.307 e. The molecular weight excluding hydrogens is 426 g/mol. The molecule has 4 rings (SSSR count). The Labute approximate surface area is 168 Å². The molecule has 0 spiro atoms. The Morgan fingerprint density at radius 1 is 1.26 bits per heavy atom.